The molecule has 1 saturated carbocycles. The van der Waals surface area contributed by atoms with Crippen molar-refractivity contribution in [2.45, 2.75) is 46.7 Å². The van der Waals surface area contributed by atoms with Crippen molar-refractivity contribution in [3.63, 3.8) is 0 Å². The highest BCUT2D eigenvalue weighted by Crippen LogP contribution is 2.46. The van der Waals surface area contributed by atoms with E-state index < -0.39 is 0 Å². The van der Waals surface area contributed by atoms with Crippen molar-refractivity contribution in [2.75, 3.05) is 6.54 Å². The predicted molar refractivity (Wildman–Crippen MR) is 61.7 cm³/mol. The van der Waals surface area contributed by atoms with Crippen LogP contribution in [0.3, 0.4) is 0 Å². The summed E-state index contributed by atoms with van der Waals surface area (Å²) < 4.78 is 1.94. The van der Waals surface area contributed by atoms with Gasteiger partial charge in [0.25, 0.3) is 0 Å². The number of hydrogen-bond acceptors (Lipinski definition) is 4. The fourth-order valence-corrected chi connectivity index (χ4v) is 1.68. The predicted octanol–water partition coefficient (Wildman–Crippen LogP) is 1.22. The molecular formula is C11H21N5. The Balaban J connectivity index is 1.86. The van der Waals surface area contributed by atoms with Crippen molar-refractivity contribution in [3.8, 4) is 0 Å². The molecule has 0 spiro atoms. The second-order valence-corrected chi connectivity index (χ2v) is 5.59. The lowest BCUT2D eigenvalue weighted by Gasteiger charge is -2.10. The molecule has 1 heterocycles. The van der Waals surface area contributed by atoms with Crippen LogP contribution in [-0.4, -0.2) is 26.8 Å². The second kappa shape index (κ2) is 4.49. The average Bonchev–Trinajstić information content (AvgIpc) is 2.76. The van der Waals surface area contributed by atoms with Gasteiger partial charge in [0.15, 0.2) is 5.82 Å². The van der Waals surface area contributed by atoms with Gasteiger partial charge in [0.05, 0.1) is 13.1 Å². The van der Waals surface area contributed by atoms with E-state index in [1.165, 1.54) is 12.8 Å². The molecule has 0 atom stereocenters. The molecule has 1 aromatic heterocycles. The molecule has 0 amide bonds. The zero-order valence-electron chi connectivity index (χ0n) is 10.4. The molecule has 0 bridgehead atoms. The van der Waals surface area contributed by atoms with Gasteiger partial charge < -0.3 is 5.32 Å². The van der Waals surface area contributed by atoms with E-state index >= 15 is 0 Å². The highest BCUT2D eigenvalue weighted by Gasteiger charge is 2.38. The van der Waals surface area contributed by atoms with Crippen LogP contribution in [0, 0.1) is 11.3 Å². The summed E-state index contributed by atoms with van der Waals surface area (Å²) in [6, 6.07) is 0. The van der Waals surface area contributed by atoms with Crippen molar-refractivity contribution in [1.29, 1.82) is 0 Å². The Morgan fingerprint density at radius 1 is 1.44 bits per heavy atom. The van der Waals surface area contributed by atoms with Gasteiger partial charge >= 0.3 is 0 Å². The molecule has 1 aliphatic rings. The summed E-state index contributed by atoms with van der Waals surface area (Å²) in [5.74, 6) is 1.61. The minimum absolute atomic E-state index is 0.447. The van der Waals surface area contributed by atoms with Crippen LogP contribution in [0.2, 0.25) is 0 Å². The van der Waals surface area contributed by atoms with E-state index in [9.17, 15) is 0 Å². The van der Waals surface area contributed by atoms with E-state index in [-0.39, 0.29) is 0 Å². The summed E-state index contributed by atoms with van der Waals surface area (Å²) in [4.78, 5) is 0. The molecule has 16 heavy (non-hydrogen) atoms. The van der Waals surface area contributed by atoms with Gasteiger partial charge in [-0.15, -0.1) is 5.10 Å². The van der Waals surface area contributed by atoms with Crippen LogP contribution >= 0.6 is 0 Å². The van der Waals surface area contributed by atoms with E-state index in [4.69, 9.17) is 0 Å². The SMILES string of the molecule is CC(C)CNCc1nnnn1CC1(C)CC1. The van der Waals surface area contributed by atoms with Crippen molar-refractivity contribution in [1.82, 2.24) is 25.5 Å². The maximum atomic E-state index is 4.06. The van der Waals surface area contributed by atoms with Crippen molar-refractivity contribution in [2.24, 2.45) is 11.3 Å². The highest BCUT2D eigenvalue weighted by atomic mass is 15.5. The largest absolute Gasteiger partial charge is 0.310 e. The number of aromatic nitrogens is 4. The van der Waals surface area contributed by atoms with Gasteiger partial charge in [-0.3, -0.25) is 0 Å². The van der Waals surface area contributed by atoms with E-state index in [2.05, 4.69) is 41.6 Å². The van der Waals surface area contributed by atoms with Crippen LogP contribution in [0.25, 0.3) is 0 Å². The number of nitrogens with one attached hydrogen (secondary N) is 1. The summed E-state index contributed by atoms with van der Waals surface area (Å²) >= 11 is 0. The normalized spacial score (nSPS) is 18.0. The molecule has 90 valence electrons. The molecule has 1 fully saturated rings. The molecule has 0 aliphatic heterocycles. The van der Waals surface area contributed by atoms with E-state index in [0.29, 0.717) is 11.3 Å². The minimum atomic E-state index is 0.447. The molecule has 1 aliphatic carbocycles. The maximum Gasteiger partial charge on any atom is 0.165 e. The molecule has 5 heteroatoms. The van der Waals surface area contributed by atoms with Gasteiger partial charge in [-0.25, -0.2) is 4.68 Å². The topological polar surface area (TPSA) is 55.6 Å². The van der Waals surface area contributed by atoms with Crippen LogP contribution in [0.4, 0.5) is 0 Å². The number of rotatable bonds is 6. The van der Waals surface area contributed by atoms with Gasteiger partial charge in [0.2, 0.25) is 0 Å². The fraction of sp³-hybridized carbons (Fsp3) is 0.909. The van der Waals surface area contributed by atoms with Crippen LogP contribution < -0.4 is 5.32 Å². The summed E-state index contributed by atoms with van der Waals surface area (Å²) in [5.41, 5.74) is 0.447. The summed E-state index contributed by atoms with van der Waals surface area (Å²) in [5, 5.41) is 15.2. The third-order valence-electron chi connectivity index (χ3n) is 3.08. The Bertz CT molecular complexity index is 340. The first-order valence-electron chi connectivity index (χ1n) is 6.05. The summed E-state index contributed by atoms with van der Waals surface area (Å²) in [7, 11) is 0. The first kappa shape index (κ1) is 11.5. The van der Waals surface area contributed by atoms with Crippen molar-refractivity contribution in [3.05, 3.63) is 5.82 Å². The van der Waals surface area contributed by atoms with Crippen LogP contribution in [0.5, 0.6) is 0 Å². The summed E-state index contributed by atoms with van der Waals surface area (Å²) in [6.07, 6.45) is 2.59. The Hall–Kier alpha value is -0.970. The van der Waals surface area contributed by atoms with Gasteiger partial charge in [-0.1, -0.05) is 20.8 Å². The quantitative estimate of drug-likeness (QED) is 0.788. The summed E-state index contributed by atoms with van der Waals surface area (Å²) in [6.45, 7) is 9.41. The standard InChI is InChI=1S/C11H21N5/c1-9(2)6-12-7-10-13-14-15-16(10)8-11(3)4-5-11/h9,12H,4-8H2,1-3H3. The van der Waals surface area contributed by atoms with Crippen molar-refractivity contribution < 1.29 is 0 Å². The van der Waals surface area contributed by atoms with Gasteiger partial charge in [-0.2, -0.15) is 0 Å². The minimum Gasteiger partial charge on any atom is -0.310 e. The lowest BCUT2D eigenvalue weighted by molar-refractivity contribution is 0.406. The third kappa shape index (κ3) is 3.01. The molecule has 0 radical (unpaired) electrons. The second-order valence-electron chi connectivity index (χ2n) is 5.59. The molecule has 1 aromatic rings. The molecular weight excluding hydrogens is 202 g/mol. The molecule has 1 N–H and O–H groups in total. The third-order valence-corrected chi connectivity index (χ3v) is 3.08. The van der Waals surface area contributed by atoms with E-state index in [1.807, 2.05) is 4.68 Å². The number of hydrogen-bond donors (Lipinski definition) is 1. The Kier molecular flexibility index (Phi) is 3.23. The molecule has 0 saturated heterocycles. The maximum absolute atomic E-state index is 4.06. The average molecular weight is 223 g/mol. The Morgan fingerprint density at radius 2 is 2.19 bits per heavy atom. The molecule has 5 nitrogen and oxygen atoms in total. The van der Waals surface area contributed by atoms with Gasteiger partial charge in [-0.05, 0) is 41.1 Å². The monoisotopic (exact) mass is 223 g/mol. The first-order chi connectivity index (χ1) is 7.59. The Morgan fingerprint density at radius 3 is 2.81 bits per heavy atom. The van der Waals surface area contributed by atoms with Crippen LogP contribution in [0.15, 0.2) is 0 Å². The van der Waals surface area contributed by atoms with E-state index in [0.717, 1.165) is 25.5 Å². The lowest BCUT2D eigenvalue weighted by atomic mass is 10.1. The number of nitrogens with zero attached hydrogens (tertiary/aromatic N) is 4. The molecule has 0 unspecified atom stereocenters. The molecule has 2 rings (SSSR count). The fourth-order valence-electron chi connectivity index (χ4n) is 1.68. The Labute approximate surface area is 96.6 Å². The number of tetrazole rings is 1. The smallest absolute Gasteiger partial charge is 0.165 e. The van der Waals surface area contributed by atoms with Gasteiger partial charge in [0, 0.05) is 0 Å². The van der Waals surface area contributed by atoms with Crippen LogP contribution in [-0.2, 0) is 13.1 Å². The van der Waals surface area contributed by atoms with Gasteiger partial charge in [0.1, 0.15) is 0 Å². The highest BCUT2D eigenvalue weighted by molar-refractivity contribution is 4.91. The lowest BCUT2D eigenvalue weighted by Crippen LogP contribution is -2.23. The van der Waals surface area contributed by atoms with E-state index in [1.54, 1.807) is 0 Å². The molecule has 0 aromatic carbocycles. The zero-order valence-corrected chi connectivity index (χ0v) is 10.4. The first-order valence-corrected chi connectivity index (χ1v) is 6.05. The van der Waals surface area contributed by atoms with Crippen molar-refractivity contribution >= 4 is 0 Å². The van der Waals surface area contributed by atoms with Crippen LogP contribution in [0.1, 0.15) is 39.4 Å². The zero-order chi connectivity index (χ0) is 11.6.